The molecule has 20 heteroatoms. The van der Waals surface area contributed by atoms with Crippen molar-refractivity contribution in [3.8, 4) is 0 Å². The van der Waals surface area contributed by atoms with E-state index in [9.17, 15) is 0 Å². The molecule has 1 aliphatic carbocycles. The molecule has 0 heterocycles. The summed E-state index contributed by atoms with van der Waals surface area (Å²) < 4.78 is 58.0. The van der Waals surface area contributed by atoms with Crippen molar-refractivity contribution in [1.29, 1.82) is 0 Å². The Bertz CT molecular complexity index is 1470. The maximum Gasteiger partial charge on any atom is 0.100 e. The van der Waals surface area contributed by atoms with Crippen LogP contribution in [0.5, 0.6) is 0 Å². The second-order valence-corrected chi connectivity index (χ2v) is 36.7. The van der Waals surface area contributed by atoms with Gasteiger partial charge in [-0.05, 0) is 301 Å². The molecule has 4 atom stereocenters. The predicted octanol–water partition coefficient (Wildman–Crippen LogP) is 15.4. The summed E-state index contributed by atoms with van der Waals surface area (Å²) in [4.78, 5) is 0. The van der Waals surface area contributed by atoms with Gasteiger partial charge < -0.3 is 98.7 Å². The molecule has 99 heavy (non-hydrogen) atoms. The number of rotatable bonds is 22. The Hall–Kier alpha value is -0.800. The summed E-state index contributed by atoms with van der Waals surface area (Å²) in [6, 6.07) is 0. The van der Waals surface area contributed by atoms with Crippen LogP contribution in [0.3, 0.4) is 0 Å². The predicted molar refractivity (Wildman–Crippen MR) is 420 cm³/mol. The van der Waals surface area contributed by atoms with Crippen molar-refractivity contribution in [3.63, 3.8) is 0 Å². The summed E-state index contributed by atoms with van der Waals surface area (Å²) in [7, 11) is 1.71. The van der Waals surface area contributed by atoms with Crippen LogP contribution < -0.4 is 5.73 Å². The molecule has 0 saturated heterocycles. The molecule has 616 valence electrons. The Balaban J connectivity index is -0.0000000952. The van der Waals surface area contributed by atoms with E-state index in [2.05, 4.69) is 76.2 Å². The lowest BCUT2D eigenvalue weighted by Gasteiger charge is -2.21. The molecule has 0 unspecified atom stereocenters. The zero-order valence-electron chi connectivity index (χ0n) is 73.8. The van der Waals surface area contributed by atoms with Crippen LogP contribution >= 0.6 is 0 Å². The fourth-order valence-corrected chi connectivity index (χ4v) is 4.25. The minimum atomic E-state index is -0.751. The highest BCUT2D eigenvalue weighted by Gasteiger charge is 2.24. The van der Waals surface area contributed by atoms with Gasteiger partial charge >= 0.3 is 0 Å². The Morgan fingerprint density at radius 2 is 0.626 bits per heavy atom. The van der Waals surface area contributed by atoms with E-state index in [-0.39, 0.29) is 113 Å². The fourth-order valence-electron chi connectivity index (χ4n) is 4.25. The van der Waals surface area contributed by atoms with E-state index in [4.69, 9.17) is 98.7 Å². The molecule has 20 nitrogen and oxygen atoms in total. The molecular weight excluding hydrogens is 1270 g/mol. The molecule has 1 fully saturated rings. The lowest BCUT2D eigenvalue weighted by atomic mass is 10.1. The van der Waals surface area contributed by atoms with Crippen molar-refractivity contribution in [2.45, 2.75) is 396 Å². The normalized spacial score (nSPS) is 14.2. The van der Waals surface area contributed by atoms with Crippen molar-refractivity contribution >= 4 is 0 Å². The lowest BCUT2D eigenvalue weighted by Crippen LogP contribution is -2.27. The first-order valence-electron chi connectivity index (χ1n) is 36.4. The van der Waals surface area contributed by atoms with Gasteiger partial charge in [-0.2, -0.15) is 0 Å². The Morgan fingerprint density at radius 3 is 0.788 bits per heavy atom. The van der Waals surface area contributed by atoms with Gasteiger partial charge in [0.25, 0.3) is 0 Å². The second kappa shape index (κ2) is 64.4. The maximum atomic E-state index is 8.85. The van der Waals surface area contributed by atoms with Crippen LogP contribution in [-0.2, 0) is 52.1 Å². The average Bonchev–Trinajstić information content (AvgIpc) is 1.80. The zero-order valence-corrected chi connectivity index (χ0v) is 73.8. The van der Waals surface area contributed by atoms with Crippen LogP contribution in [0.2, 0.25) is 0 Å². The molecule has 1 rings (SSSR count). The quantitative estimate of drug-likeness (QED) is 0.0455. The average molecular weight is 1450 g/mol. The van der Waals surface area contributed by atoms with Crippen LogP contribution in [0.4, 0.5) is 0 Å². The van der Waals surface area contributed by atoms with Crippen molar-refractivity contribution in [2.24, 2.45) is 23.5 Å². The van der Waals surface area contributed by atoms with Crippen LogP contribution in [0, 0.1) is 17.8 Å². The third kappa shape index (κ3) is 207. The minimum Gasteiger partial charge on any atom is -0.396 e. The smallest absolute Gasteiger partial charge is 0.100 e. The summed E-state index contributed by atoms with van der Waals surface area (Å²) in [6.45, 7) is 90.2. The van der Waals surface area contributed by atoms with Crippen LogP contribution in [0.15, 0.2) is 0 Å². The highest BCUT2D eigenvalue weighted by atomic mass is 16.5. The lowest BCUT2D eigenvalue weighted by molar-refractivity contribution is -0.0613. The summed E-state index contributed by atoms with van der Waals surface area (Å²) in [6.07, 6.45) is 2.04. The Labute approximate surface area is 615 Å². The Morgan fingerprint density at radius 1 is 0.354 bits per heavy atom. The van der Waals surface area contributed by atoms with Gasteiger partial charge in [0.05, 0.1) is 139 Å². The third-order valence-electron chi connectivity index (χ3n) is 9.15. The van der Waals surface area contributed by atoms with Gasteiger partial charge in [-0.3, -0.25) is 0 Å². The van der Waals surface area contributed by atoms with Gasteiger partial charge in [0.15, 0.2) is 0 Å². The van der Waals surface area contributed by atoms with Gasteiger partial charge in [-0.15, -0.1) is 0 Å². The third-order valence-corrected chi connectivity index (χ3v) is 9.15. The van der Waals surface area contributed by atoms with Gasteiger partial charge in [0.1, 0.15) is 6.10 Å². The van der Waals surface area contributed by atoms with Crippen LogP contribution in [-0.4, -0.2) is 233 Å². The molecule has 0 aromatic carbocycles. The van der Waals surface area contributed by atoms with Gasteiger partial charge in [0.2, 0.25) is 0 Å². The standard InChI is InChI=1S/C8H18O2.C8H16O.C8H18O.C7H16O3.3C7H16O2.C6H15NO.C6H14O2.C6H14O.C5H12O.C4H10O/c1-7(5-9)6-10-8(2,3)4;1-8(2,3)9-6-7-4-5-7;1-7(2)6-9-8(3,4)5;1-7(2,3)10-5-6(9)4-8;2*1-6(8)5-9-7(2,3)4;1-7(2,3)9-6-4-5-8;2*1-6(2,3)8-5-4-7;1-5-7-6(2,3)4;1-5(2,3)6-4;1-4(2,3)5/h7,9H,5-6H2,1-4H3;7H,4-6H2,1-3H3;7H,6H2,1-5H3;6,8-9H,4-5H2,1-3H3;2*6,8H,5H2,1-4H3;8H,4-6H2,1-3H3;4-5,7H2,1-3H3;7H,4-5H2,1-3H3;5H2,1-4H3;1-4H3;5H,1-3H3/t7-;;;3*6-;;;;;;/m0..110....../s1. The van der Waals surface area contributed by atoms with E-state index in [1.54, 1.807) is 41.7 Å². The number of aliphatic hydroxyl groups excluding tert-OH is 7. The van der Waals surface area contributed by atoms with Crippen molar-refractivity contribution in [1.82, 2.24) is 0 Å². The summed E-state index contributed by atoms with van der Waals surface area (Å²) in [5, 5.41) is 68.7. The van der Waals surface area contributed by atoms with Gasteiger partial charge in [-0.25, -0.2) is 0 Å². The molecule has 0 radical (unpaired) electrons. The zero-order chi connectivity index (χ0) is 82.0. The molecule has 0 aromatic heterocycles. The first kappa shape index (κ1) is 122. The number of ether oxygens (including phenoxy) is 11. The van der Waals surface area contributed by atoms with E-state index in [0.29, 0.717) is 52.1 Å². The van der Waals surface area contributed by atoms with Crippen LogP contribution in [0.25, 0.3) is 0 Å². The molecule has 1 saturated carbocycles. The maximum absolute atomic E-state index is 8.85. The number of hydrogen-bond acceptors (Lipinski definition) is 20. The molecule has 0 aliphatic heterocycles. The minimum absolute atomic E-state index is 0.0284. The van der Waals surface area contributed by atoms with Crippen molar-refractivity contribution in [3.05, 3.63) is 0 Å². The number of aliphatic hydroxyl groups is 8. The molecule has 1 aliphatic rings. The summed E-state index contributed by atoms with van der Waals surface area (Å²) >= 11 is 0. The van der Waals surface area contributed by atoms with E-state index in [1.807, 2.05) is 180 Å². The molecular formula is C79H181NO19. The van der Waals surface area contributed by atoms with E-state index in [1.165, 1.54) is 12.8 Å². The first-order chi connectivity index (χ1) is 43.5. The van der Waals surface area contributed by atoms with Gasteiger partial charge in [0, 0.05) is 52.6 Å². The molecule has 10 N–H and O–H groups in total. The SMILES string of the molecule is CC(C)(C)O.CC(C)(C)OCC1CC1.CC(C)(C)OCCCO.CC(C)(C)OCCN.CC(C)(C)OCCO.CC(C)(C)OC[C@H](O)CO.CC(C)COC(C)(C)C.CCOC(C)(C)C.COC(C)(C)C.C[C@@H](CO)COC(C)(C)C.C[C@@H](O)COC(C)(C)C.C[C@H](O)COC(C)(C)C. The first-order valence-corrected chi connectivity index (χ1v) is 36.4. The topological polar surface area (TPSA) is 289 Å². The number of nitrogens with two attached hydrogens (primary N) is 1. The number of methoxy groups -OCH3 is 1. The monoisotopic (exact) mass is 1450 g/mol. The molecule has 0 aromatic rings. The van der Waals surface area contributed by atoms with Crippen molar-refractivity contribution in [2.75, 3.05) is 106 Å². The second-order valence-electron chi connectivity index (χ2n) is 36.7. The van der Waals surface area contributed by atoms with Crippen LogP contribution in [0.1, 0.15) is 310 Å². The summed E-state index contributed by atoms with van der Waals surface area (Å²) in [5.41, 5.74) is 4.13. The fraction of sp³-hybridized carbons (Fsp3) is 1.00. The highest BCUT2D eigenvalue weighted by molar-refractivity contribution is 4.74. The highest BCUT2D eigenvalue weighted by Crippen LogP contribution is 2.30. The van der Waals surface area contributed by atoms with E-state index >= 15 is 0 Å². The largest absolute Gasteiger partial charge is 0.396 e. The molecule has 0 spiro atoms. The van der Waals surface area contributed by atoms with Crippen molar-refractivity contribution < 1.29 is 93.0 Å². The molecule has 0 amide bonds. The molecule has 0 bridgehead atoms. The van der Waals surface area contributed by atoms with E-state index < -0.39 is 11.7 Å². The number of hydrogen-bond donors (Lipinski definition) is 9. The summed E-state index contributed by atoms with van der Waals surface area (Å²) in [5.74, 6) is 1.78. The van der Waals surface area contributed by atoms with E-state index in [0.717, 1.165) is 32.2 Å². The van der Waals surface area contributed by atoms with Gasteiger partial charge in [-0.1, -0.05) is 20.8 Å². The Kier molecular flexibility index (Phi) is 79.4.